The van der Waals surface area contributed by atoms with Gasteiger partial charge in [0.15, 0.2) is 0 Å². The third-order valence-corrected chi connectivity index (χ3v) is 6.19. The minimum atomic E-state index is 0.431. The van der Waals surface area contributed by atoms with Gasteiger partial charge in [0.25, 0.3) is 0 Å². The smallest absolute Gasteiger partial charge is 0.0564 e. The maximum absolute atomic E-state index is 6.13. The first-order chi connectivity index (χ1) is 9.81. The lowest BCUT2D eigenvalue weighted by Crippen LogP contribution is -2.40. The Morgan fingerprint density at radius 1 is 1.30 bits per heavy atom. The maximum atomic E-state index is 6.13. The van der Waals surface area contributed by atoms with Crippen LogP contribution in [0.25, 0.3) is 0 Å². The van der Waals surface area contributed by atoms with Crippen LogP contribution >= 0.6 is 11.3 Å². The Balaban J connectivity index is 1.74. The van der Waals surface area contributed by atoms with Crippen LogP contribution in [-0.2, 0) is 6.42 Å². The van der Waals surface area contributed by atoms with Crippen LogP contribution in [0.15, 0.2) is 12.1 Å². The SMILES string of the molecule is CCc1ccc(C(CN)N2CCCN3CCCC3C2)s1. The Hall–Kier alpha value is -0.420. The van der Waals surface area contributed by atoms with Crippen molar-refractivity contribution in [1.82, 2.24) is 9.80 Å². The second-order valence-corrected chi connectivity index (χ2v) is 7.29. The van der Waals surface area contributed by atoms with Crippen LogP contribution in [-0.4, -0.2) is 48.6 Å². The van der Waals surface area contributed by atoms with Crippen molar-refractivity contribution in [1.29, 1.82) is 0 Å². The van der Waals surface area contributed by atoms with Crippen molar-refractivity contribution in [2.75, 3.05) is 32.7 Å². The predicted octanol–water partition coefficient (Wildman–Crippen LogP) is 2.48. The normalized spacial score (nSPS) is 26.4. The van der Waals surface area contributed by atoms with Gasteiger partial charge in [-0.05, 0) is 50.9 Å². The van der Waals surface area contributed by atoms with Gasteiger partial charge in [-0.15, -0.1) is 11.3 Å². The molecule has 2 fully saturated rings. The van der Waals surface area contributed by atoms with E-state index in [1.54, 1.807) is 0 Å². The van der Waals surface area contributed by atoms with Gasteiger partial charge in [-0.1, -0.05) is 6.92 Å². The minimum absolute atomic E-state index is 0.431. The number of hydrogen-bond donors (Lipinski definition) is 1. The molecule has 2 unspecified atom stereocenters. The molecule has 0 radical (unpaired) electrons. The van der Waals surface area contributed by atoms with Crippen molar-refractivity contribution in [3.63, 3.8) is 0 Å². The van der Waals surface area contributed by atoms with E-state index in [0.717, 1.165) is 19.0 Å². The van der Waals surface area contributed by atoms with Crippen LogP contribution in [0.1, 0.15) is 42.0 Å². The van der Waals surface area contributed by atoms with Crippen LogP contribution in [0.2, 0.25) is 0 Å². The summed E-state index contributed by atoms with van der Waals surface area (Å²) in [7, 11) is 0. The Labute approximate surface area is 126 Å². The molecular formula is C16H27N3S. The van der Waals surface area contributed by atoms with Gasteiger partial charge < -0.3 is 5.73 Å². The number of nitrogens with two attached hydrogens (primary N) is 1. The number of nitrogens with zero attached hydrogens (tertiary/aromatic N) is 2. The second-order valence-electron chi connectivity index (χ2n) is 6.09. The van der Waals surface area contributed by atoms with Crippen molar-refractivity contribution in [2.45, 2.75) is 44.7 Å². The number of fused-ring (bicyclic) bond motifs is 1. The number of rotatable bonds is 4. The minimum Gasteiger partial charge on any atom is -0.329 e. The maximum Gasteiger partial charge on any atom is 0.0564 e. The summed E-state index contributed by atoms with van der Waals surface area (Å²) in [6.45, 7) is 7.98. The van der Waals surface area contributed by atoms with Gasteiger partial charge in [-0.2, -0.15) is 0 Å². The molecule has 3 nitrogen and oxygen atoms in total. The first-order valence-electron chi connectivity index (χ1n) is 8.08. The Morgan fingerprint density at radius 2 is 2.15 bits per heavy atom. The molecule has 2 aliphatic heterocycles. The van der Waals surface area contributed by atoms with Gasteiger partial charge in [0.1, 0.15) is 0 Å². The van der Waals surface area contributed by atoms with Gasteiger partial charge in [0.05, 0.1) is 6.04 Å². The summed E-state index contributed by atoms with van der Waals surface area (Å²) in [4.78, 5) is 8.30. The molecule has 1 aromatic heterocycles. The molecule has 2 aliphatic rings. The molecular weight excluding hydrogens is 266 g/mol. The van der Waals surface area contributed by atoms with Crippen LogP contribution in [0.3, 0.4) is 0 Å². The molecule has 20 heavy (non-hydrogen) atoms. The molecule has 0 aromatic carbocycles. The van der Waals surface area contributed by atoms with E-state index in [4.69, 9.17) is 5.73 Å². The predicted molar refractivity (Wildman–Crippen MR) is 86.3 cm³/mol. The average Bonchev–Trinajstić information content (AvgIpc) is 3.06. The molecule has 4 heteroatoms. The Bertz CT molecular complexity index is 431. The molecule has 0 spiro atoms. The summed E-state index contributed by atoms with van der Waals surface area (Å²) in [5.41, 5.74) is 6.13. The van der Waals surface area contributed by atoms with E-state index in [9.17, 15) is 0 Å². The molecule has 2 saturated heterocycles. The highest BCUT2D eigenvalue weighted by atomic mass is 32.1. The first kappa shape index (κ1) is 14.5. The van der Waals surface area contributed by atoms with Gasteiger partial charge >= 0.3 is 0 Å². The highest BCUT2D eigenvalue weighted by Crippen LogP contribution is 2.31. The van der Waals surface area contributed by atoms with Crippen LogP contribution in [0.5, 0.6) is 0 Å². The van der Waals surface area contributed by atoms with E-state index in [0.29, 0.717) is 6.04 Å². The fourth-order valence-corrected chi connectivity index (χ4v) is 4.83. The topological polar surface area (TPSA) is 32.5 Å². The van der Waals surface area contributed by atoms with E-state index < -0.39 is 0 Å². The van der Waals surface area contributed by atoms with E-state index in [1.807, 2.05) is 11.3 Å². The third-order valence-electron chi connectivity index (χ3n) is 4.86. The van der Waals surface area contributed by atoms with Crippen LogP contribution in [0.4, 0.5) is 0 Å². The molecule has 3 heterocycles. The quantitative estimate of drug-likeness (QED) is 0.925. The molecule has 3 rings (SSSR count). The molecule has 0 bridgehead atoms. The fourth-order valence-electron chi connectivity index (χ4n) is 3.73. The number of hydrogen-bond acceptors (Lipinski definition) is 4. The standard InChI is InChI=1S/C16H27N3S/c1-2-14-6-7-16(20-14)15(11-17)19-10-4-9-18-8-3-5-13(18)12-19/h6-7,13,15H,2-5,8-12,17H2,1H3. The first-order valence-corrected chi connectivity index (χ1v) is 8.90. The Kier molecular flexibility index (Phi) is 4.76. The van der Waals surface area contributed by atoms with Crippen molar-refractivity contribution in [2.24, 2.45) is 5.73 Å². The summed E-state index contributed by atoms with van der Waals surface area (Å²) in [5, 5.41) is 0. The third kappa shape index (κ3) is 2.93. The second kappa shape index (κ2) is 6.56. The highest BCUT2D eigenvalue weighted by molar-refractivity contribution is 7.12. The Morgan fingerprint density at radius 3 is 2.90 bits per heavy atom. The number of aryl methyl sites for hydroxylation is 1. The van der Waals surface area contributed by atoms with Crippen molar-refractivity contribution >= 4 is 11.3 Å². The van der Waals surface area contributed by atoms with Gasteiger partial charge in [-0.25, -0.2) is 0 Å². The zero-order valence-electron chi connectivity index (χ0n) is 12.6. The lowest BCUT2D eigenvalue weighted by molar-refractivity contribution is 0.178. The van der Waals surface area contributed by atoms with Crippen molar-refractivity contribution in [3.8, 4) is 0 Å². The zero-order valence-corrected chi connectivity index (χ0v) is 13.4. The van der Waals surface area contributed by atoms with Crippen molar-refractivity contribution < 1.29 is 0 Å². The molecule has 2 atom stereocenters. The molecule has 112 valence electrons. The molecule has 2 N–H and O–H groups in total. The lowest BCUT2D eigenvalue weighted by Gasteiger charge is -2.31. The summed E-state index contributed by atoms with van der Waals surface area (Å²) in [6, 6.07) is 5.79. The molecule has 0 amide bonds. The summed E-state index contributed by atoms with van der Waals surface area (Å²) < 4.78 is 0. The summed E-state index contributed by atoms with van der Waals surface area (Å²) >= 11 is 1.96. The molecule has 1 aromatic rings. The zero-order chi connectivity index (χ0) is 13.9. The molecule has 0 saturated carbocycles. The van der Waals surface area contributed by atoms with E-state index >= 15 is 0 Å². The van der Waals surface area contributed by atoms with Crippen LogP contribution < -0.4 is 5.73 Å². The van der Waals surface area contributed by atoms with E-state index in [2.05, 4.69) is 28.9 Å². The van der Waals surface area contributed by atoms with E-state index in [-0.39, 0.29) is 0 Å². The van der Waals surface area contributed by atoms with Gasteiger partial charge in [-0.3, -0.25) is 9.80 Å². The van der Waals surface area contributed by atoms with Crippen molar-refractivity contribution in [3.05, 3.63) is 21.9 Å². The lowest BCUT2D eigenvalue weighted by atomic mass is 10.1. The average molecular weight is 293 g/mol. The van der Waals surface area contributed by atoms with E-state index in [1.165, 1.54) is 55.2 Å². The number of thiophene rings is 1. The highest BCUT2D eigenvalue weighted by Gasteiger charge is 2.31. The van der Waals surface area contributed by atoms with Gasteiger partial charge in [0, 0.05) is 35.4 Å². The summed E-state index contributed by atoms with van der Waals surface area (Å²) in [5.74, 6) is 0. The molecule has 0 aliphatic carbocycles. The fraction of sp³-hybridized carbons (Fsp3) is 0.750. The van der Waals surface area contributed by atoms with Gasteiger partial charge in [0.2, 0.25) is 0 Å². The largest absolute Gasteiger partial charge is 0.329 e. The summed E-state index contributed by atoms with van der Waals surface area (Å²) in [6.07, 6.45) is 5.18. The van der Waals surface area contributed by atoms with Crippen LogP contribution in [0, 0.1) is 0 Å². The monoisotopic (exact) mass is 293 g/mol.